The van der Waals surface area contributed by atoms with E-state index in [2.05, 4.69) is 177 Å². The molecule has 1 atom stereocenters. The molecule has 4 fully saturated rings. The van der Waals surface area contributed by atoms with Crippen molar-refractivity contribution in [2.24, 2.45) is 0 Å². The van der Waals surface area contributed by atoms with E-state index in [1.807, 2.05) is 66.7 Å². The smallest absolute Gasteiger partial charge is 0.377 e. The van der Waals surface area contributed by atoms with Crippen LogP contribution < -0.4 is 36.6 Å². The van der Waals surface area contributed by atoms with Gasteiger partial charge in [0.2, 0.25) is 0 Å². The van der Waals surface area contributed by atoms with Crippen molar-refractivity contribution in [3.63, 3.8) is 0 Å². The number of ether oxygens (including phenoxy) is 1. The molecule has 0 spiro atoms. The number of hydrogen-bond acceptors (Lipinski definition) is 1. The Morgan fingerprint density at radius 2 is 0.604 bits per heavy atom. The molecule has 0 aliphatic heterocycles. The Morgan fingerprint density at radius 1 is 0.352 bits per heavy atom. The second-order valence-electron chi connectivity index (χ2n) is 28.5. The van der Waals surface area contributed by atoms with E-state index in [0.29, 0.717) is 10.8 Å². The molecule has 13 heteroatoms. The maximum atomic E-state index is 7.43. The van der Waals surface area contributed by atoms with E-state index in [9.17, 15) is 0 Å². The van der Waals surface area contributed by atoms with E-state index in [1.165, 1.54) is 198 Å². The van der Waals surface area contributed by atoms with Crippen LogP contribution in [0.3, 0.4) is 0 Å². The van der Waals surface area contributed by atoms with Gasteiger partial charge in [-0.05, 0) is 236 Å². The Bertz CT molecular complexity index is 2670. The molecule has 478 valence electrons. The lowest BCUT2D eigenvalue weighted by atomic mass is 9.98. The van der Waals surface area contributed by atoms with E-state index < -0.39 is 42.8 Å². The first-order chi connectivity index (χ1) is 43.4. The van der Waals surface area contributed by atoms with E-state index in [0.717, 1.165) is 22.7 Å². The molecule has 6 aromatic carbocycles. The van der Waals surface area contributed by atoms with Gasteiger partial charge in [-0.15, -0.1) is 0 Å². The first-order valence-electron chi connectivity index (χ1n) is 35.3. The molecule has 4 aliphatic carbocycles. The molecule has 0 heterocycles. The third-order valence-corrected chi connectivity index (χ3v) is 42.1. The summed E-state index contributed by atoms with van der Waals surface area (Å²) in [7, 11) is 33.1. The molecule has 0 saturated heterocycles. The third kappa shape index (κ3) is 25.2. The van der Waals surface area contributed by atoms with Crippen LogP contribution in [0.1, 0.15) is 189 Å². The van der Waals surface area contributed by atoms with Crippen LogP contribution in [-0.2, 0) is 0 Å². The highest BCUT2D eigenvalue weighted by Crippen LogP contribution is 2.74. The van der Waals surface area contributed by atoms with Crippen molar-refractivity contribution in [2.75, 3.05) is 52.3 Å². The van der Waals surface area contributed by atoms with Gasteiger partial charge in [0, 0.05) is 66.6 Å². The van der Waals surface area contributed by atoms with E-state index in [-0.39, 0.29) is 0 Å². The average molecular weight is 1320 g/mol. The summed E-state index contributed by atoms with van der Waals surface area (Å²) < 4.78 is 5.16. The Hall–Kier alpha value is -1.91. The van der Waals surface area contributed by atoms with Gasteiger partial charge in [-0.3, -0.25) is 0 Å². The van der Waals surface area contributed by atoms with E-state index in [1.54, 1.807) is 7.11 Å². The maximum absolute atomic E-state index is 7.43. The molecule has 91 heavy (non-hydrogen) atoms. The molecule has 12 radical (unpaired) electrons. The number of unbranched alkanes of at least 4 members (excludes halogenated alkanes) is 3. The van der Waals surface area contributed by atoms with Crippen LogP contribution in [0.5, 0.6) is 5.75 Å². The Morgan fingerprint density at radius 3 is 0.835 bits per heavy atom. The van der Waals surface area contributed by atoms with Crippen LogP contribution in [0.25, 0.3) is 0 Å². The first kappa shape index (κ1) is 79.8. The summed E-state index contributed by atoms with van der Waals surface area (Å²) in [6.07, 6.45) is 36.7. The van der Waals surface area contributed by atoms with E-state index in [4.69, 9.17) is 50.1 Å². The Kier molecular flexibility index (Phi) is 35.1. The average Bonchev–Trinajstić information content (AvgIpc) is 1.78. The van der Waals surface area contributed by atoms with Gasteiger partial charge in [0.15, 0.2) is 0 Å². The summed E-state index contributed by atoms with van der Waals surface area (Å²) in [6, 6.07) is 60.3. The van der Waals surface area contributed by atoms with Gasteiger partial charge in [0.1, 0.15) is 5.75 Å². The molecule has 0 amide bonds. The maximum Gasteiger partial charge on any atom is 0.377 e. The summed E-state index contributed by atoms with van der Waals surface area (Å²) in [4.78, 5) is 0. The van der Waals surface area contributed by atoms with Crippen LogP contribution in [0.2, 0.25) is 0 Å². The van der Waals surface area contributed by atoms with Crippen molar-refractivity contribution in [1.82, 2.24) is 0 Å². The zero-order valence-corrected chi connectivity index (χ0v) is 64.4. The van der Waals surface area contributed by atoms with Crippen molar-refractivity contribution in [3.8, 4) is 5.75 Å². The van der Waals surface area contributed by atoms with E-state index >= 15 is 0 Å². The SMILES string of the molecule is [B][P+](C)(C)C(C)(C)C.[B][P+](C)(c1ccccc1)c1ccc(OC)cc1.[B][P+](C)(c1ccccc1)c1ccccc1.[B][P+](C1CCCCC1)(C1CCCCC1)C1CCCCC1.[B][P+](CCCC)(CCCC)CCCC.[B][P+](c1ccccc1)(c1ccccc1)C1CC1. The summed E-state index contributed by atoms with van der Waals surface area (Å²) in [5.74, 6) is 0.863. The highest BCUT2D eigenvalue weighted by atomic mass is 31.2. The fourth-order valence-corrected chi connectivity index (χ4v) is 29.3. The quantitative estimate of drug-likeness (QED) is 0.0547. The molecule has 0 N–H and O–H groups in total. The monoisotopic (exact) mass is 1320 g/mol. The first-order valence-corrected chi connectivity index (χ1v) is 49.0. The molecular formula is C78H118B6OP6+6. The lowest BCUT2D eigenvalue weighted by Gasteiger charge is -2.47. The minimum absolute atomic E-state index is 0.326. The number of benzene rings is 6. The number of rotatable bonds is 20. The van der Waals surface area contributed by atoms with Crippen LogP contribution in [0, 0.1) is 0 Å². The molecule has 0 aromatic heterocycles. The van der Waals surface area contributed by atoms with Crippen LogP contribution in [0.15, 0.2) is 176 Å². The second-order valence-corrected chi connectivity index (χ2v) is 50.3. The summed E-state index contributed by atoms with van der Waals surface area (Å²) in [6.45, 7) is 22.0. The third-order valence-electron chi connectivity index (χ3n) is 20.2. The standard InChI is InChI=1S/C18H33BP.C15H15BP.C14H15BOP.C13H13BP.C12H27BP.C6H15BP/c19-20(16-10-4-1-5-11-16,17-12-6-2-7-13-17)18-14-8-3-9-15-18;16-17(15-11-12-15,13-7-3-1-4-8-13)14-9-5-2-6-10-14;1-16-12-8-10-14(11-9-12)17(2,15)13-6-4-3-5-7-13;1-15(14,12-8-4-2-5-9-12)13-10-6-3-7-11-13;1-4-7-10-14(13,11-8-5-2)12-9-6-3;1-6(2,3)8(4,5)7/h16-18H,1-15H2;1-10,15H,11-12H2;3-11H,1-2H3;2-11H,1H3;4-12H2,1-3H3;1-5H3/q6*+1. The van der Waals surface area contributed by atoms with Gasteiger partial charge in [0.05, 0.1) is 66.7 Å². The molecule has 4 aliphatic rings. The van der Waals surface area contributed by atoms with Crippen molar-refractivity contribution in [1.29, 1.82) is 0 Å². The zero-order valence-electron chi connectivity index (χ0n) is 59.0. The van der Waals surface area contributed by atoms with Gasteiger partial charge in [-0.25, -0.2) is 0 Å². The van der Waals surface area contributed by atoms with Gasteiger partial charge in [-0.2, -0.15) is 0 Å². The number of hydrogen-bond donors (Lipinski definition) is 0. The van der Waals surface area contributed by atoms with Gasteiger partial charge in [-0.1, -0.05) is 150 Å². The minimum atomic E-state index is -1.73. The molecule has 10 rings (SSSR count). The van der Waals surface area contributed by atoms with Crippen LogP contribution >= 0.6 is 42.8 Å². The lowest BCUT2D eigenvalue weighted by molar-refractivity contribution is 0.415. The van der Waals surface area contributed by atoms with Crippen LogP contribution in [0.4, 0.5) is 0 Å². The highest BCUT2D eigenvalue weighted by Gasteiger charge is 2.53. The molecule has 6 aromatic rings. The minimum Gasteiger partial charge on any atom is -0.497 e. The molecule has 1 unspecified atom stereocenters. The molecule has 1 nitrogen and oxygen atoms in total. The zero-order chi connectivity index (χ0) is 66.4. The van der Waals surface area contributed by atoms with Gasteiger partial charge < -0.3 is 4.74 Å². The predicted octanol–water partition coefficient (Wildman–Crippen LogP) is 20.4. The van der Waals surface area contributed by atoms with Crippen molar-refractivity contribution < 1.29 is 4.74 Å². The molecule has 0 bridgehead atoms. The van der Waals surface area contributed by atoms with Crippen LogP contribution in [-0.4, -0.2) is 125 Å². The largest absolute Gasteiger partial charge is 0.497 e. The Labute approximate surface area is 571 Å². The van der Waals surface area contributed by atoms with Gasteiger partial charge in [0.25, 0.3) is 0 Å². The lowest BCUT2D eigenvalue weighted by Crippen LogP contribution is -2.36. The Balaban J connectivity index is 0.000000202. The normalized spacial score (nSPS) is 16.8. The van der Waals surface area contributed by atoms with Gasteiger partial charge >= 0.3 is 45.4 Å². The van der Waals surface area contributed by atoms with Crippen molar-refractivity contribution in [2.45, 2.75) is 217 Å². The summed E-state index contributed by atoms with van der Waals surface area (Å²) in [5, 5.41) is 7.90. The topological polar surface area (TPSA) is 9.23 Å². The molecule has 4 saturated carbocycles. The highest BCUT2D eigenvalue weighted by molar-refractivity contribution is 8.09. The predicted molar refractivity (Wildman–Crippen MR) is 435 cm³/mol. The second kappa shape index (κ2) is 40.1. The fourth-order valence-electron chi connectivity index (χ4n) is 13.0. The van der Waals surface area contributed by atoms with Crippen molar-refractivity contribution >= 4 is 120 Å². The summed E-state index contributed by atoms with van der Waals surface area (Å²) in [5.41, 5.74) is 3.58. The van der Waals surface area contributed by atoms with Crippen molar-refractivity contribution in [3.05, 3.63) is 176 Å². The number of methoxy groups -OCH3 is 1. The molecular weight excluding hydrogens is 1200 g/mol. The summed E-state index contributed by atoms with van der Waals surface area (Å²) >= 11 is 0. The fraction of sp³-hybridized carbons (Fsp3) is 0.538.